The van der Waals surface area contributed by atoms with Gasteiger partial charge in [0, 0.05) is 0 Å². The van der Waals surface area contributed by atoms with Crippen molar-refractivity contribution in [1.82, 2.24) is 4.90 Å². The first-order chi connectivity index (χ1) is 13.6. The van der Waals surface area contributed by atoms with Gasteiger partial charge in [-0.25, -0.2) is 9.46 Å². The van der Waals surface area contributed by atoms with Gasteiger partial charge < -0.3 is 24.4 Å². The maximum absolute atomic E-state index is 11.4. The molecule has 0 saturated heterocycles. The van der Waals surface area contributed by atoms with E-state index in [9.17, 15) is 9.46 Å². The molecule has 0 aliphatic carbocycles. The van der Waals surface area contributed by atoms with Crippen LogP contribution in [0.1, 0.15) is 86.0 Å². The number of hydrogen-bond donors (Lipinski definition) is 4. The molecule has 0 aromatic heterocycles. The highest BCUT2D eigenvalue weighted by molar-refractivity contribution is 7.47. The Labute approximate surface area is 176 Å². The summed E-state index contributed by atoms with van der Waals surface area (Å²) < 4.78 is 20.8. The molecule has 174 valence electrons. The Kier molecular flexibility index (Phi) is 20.0. The van der Waals surface area contributed by atoms with E-state index in [0.29, 0.717) is 0 Å². The molecule has 0 amide bonds. The second-order valence-electron chi connectivity index (χ2n) is 6.76. The minimum Gasteiger partial charge on any atom is -0.404 e. The lowest BCUT2D eigenvalue weighted by Gasteiger charge is -2.30. The molecule has 0 rings (SSSR count). The van der Waals surface area contributed by atoms with E-state index in [1.165, 1.54) is 38.2 Å². The number of unbranched alkanes of at least 4 members (excludes halogenated alkanes) is 6. The van der Waals surface area contributed by atoms with Gasteiger partial charge in [-0.1, -0.05) is 39.5 Å². The van der Waals surface area contributed by atoms with Crippen molar-refractivity contribution in [2.75, 3.05) is 0 Å². The molecule has 4 N–H and O–H groups in total. The molecule has 0 heterocycles. The number of hydrogen-bond acceptors (Lipinski definition) is 7. The number of allylic oxidation sites excluding steroid dienone is 2. The van der Waals surface area contributed by atoms with E-state index >= 15 is 0 Å². The van der Waals surface area contributed by atoms with Crippen molar-refractivity contribution >= 4 is 7.82 Å². The van der Waals surface area contributed by atoms with Crippen LogP contribution in [0.3, 0.4) is 0 Å². The summed E-state index contributed by atoms with van der Waals surface area (Å²) in [6.45, 7) is 8.71. The first kappa shape index (κ1) is 30.3. The Morgan fingerprint density at radius 3 is 1.38 bits per heavy atom. The molecule has 0 aromatic rings. The van der Waals surface area contributed by atoms with Crippen LogP contribution in [-0.2, 0) is 13.6 Å². The van der Waals surface area contributed by atoms with Crippen molar-refractivity contribution in [2.45, 2.75) is 105 Å². The van der Waals surface area contributed by atoms with Crippen LogP contribution >= 0.6 is 7.82 Å². The number of nitrogens with zero attached hydrogens (tertiary/aromatic N) is 1. The Balaban J connectivity index is 0. The number of phosphoric acid groups is 1. The normalized spacial score (nSPS) is 16.9. The van der Waals surface area contributed by atoms with E-state index in [0.717, 1.165) is 51.4 Å². The SMILES string of the molecule is CC(O)N(C(C)O)C(C)O.CCCCCC=COP(=O)(O)OC=CCCCCC. The Morgan fingerprint density at radius 1 is 0.793 bits per heavy atom. The quantitative estimate of drug-likeness (QED) is 0.126. The highest BCUT2D eigenvalue weighted by atomic mass is 31.2. The lowest BCUT2D eigenvalue weighted by molar-refractivity contribution is -0.159. The van der Waals surface area contributed by atoms with Gasteiger partial charge in [0.25, 0.3) is 0 Å². The van der Waals surface area contributed by atoms with Gasteiger partial charge in [-0.05, 0) is 58.6 Å². The predicted octanol–water partition coefficient (Wildman–Crippen LogP) is 4.61. The van der Waals surface area contributed by atoms with Gasteiger partial charge >= 0.3 is 7.82 Å². The fourth-order valence-corrected chi connectivity index (χ4v) is 2.89. The average Bonchev–Trinajstić information content (AvgIpc) is 2.60. The molecule has 0 bridgehead atoms. The second kappa shape index (κ2) is 19.1. The van der Waals surface area contributed by atoms with E-state index in [2.05, 4.69) is 13.8 Å². The molecular formula is C20H42NO7P. The maximum Gasteiger partial charge on any atom is 0.583 e. The highest BCUT2D eigenvalue weighted by Crippen LogP contribution is 2.43. The zero-order valence-electron chi connectivity index (χ0n) is 18.6. The zero-order valence-corrected chi connectivity index (χ0v) is 19.5. The smallest absolute Gasteiger partial charge is 0.404 e. The van der Waals surface area contributed by atoms with Crippen LogP contribution in [0.5, 0.6) is 0 Å². The van der Waals surface area contributed by atoms with Crippen molar-refractivity contribution in [1.29, 1.82) is 0 Å². The van der Waals surface area contributed by atoms with Crippen LogP contribution in [0.25, 0.3) is 0 Å². The monoisotopic (exact) mass is 439 g/mol. The van der Waals surface area contributed by atoms with Crippen molar-refractivity contribution < 1.29 is 33.8 Å². The molecule has 8 nitrogen and oxygen atoms in total. The Bertz CT molecular complexity index is 423. The van der Waals surface area contributed by atoms with Gasteiger partial charge in [0.2, 0.25) is 0 Å². The fourth-order valence-electron chi connectivity index (χ4n) is 2.36. The first-order valence-corrected chi connectivity index (χ1v) is 11.9. The minimum absolute atomic E-state index is 0.833. The summed E-state index contributed by atoms with van der Waals surface area (Å²) in [6, 6.07) is 0. The molecule has 0 spiro atoms. The van der Waals surface area contributed by atoms with Gasteiger partial charge in [-0.15, -0.1) is 0 Å². The number of rotatable bonds is 15. The largest absolute Gasteiger partial charge is 0.583 e. The molecule has 0 saturated carbocycles. The minimum atomic E-state index is -3.98. The van der Waals surface area contributed by atoms with E-state index in [-0.39, 0.29) is 0 Å². The molecule has 0 aliphatic rings. The topological polar surface area (TPSA) is 120 Å². The number of phosphoric ester groups is 1. The van der Waals surface area contributed by atoms with E-state index in [1.54, 1.807) is 12.2 Å². The zero-order chi connectivity index (χ0) is 22.7. The van der Waals surface area contributed by atoms with Gasteiger partial charge in [-0.2, -0.15) is 0 Å². The summed E-state index contributed by atoms with van der Waals surface area (Å²) >= 11 is 0. The predicted molar refractivity (Wildman–Crippen MR) is 115 cm³/mol. The van der Waals surface area contributed by atoms with E-state index in [4.69, 9.17) is 24.4 Å². The van der Waals surface area contributed by atoms with Crippen molar-refractivity contribution in [3.8, 4) is 0 Å². The standard InChI is InChI=1S/C14H27O4P.C6H15NO3/c1-3-5-7-9-11-13-17-19(15,16)18-14-12-10-8-6-4-2;1-4(8)7(5(2)9)6(3)10/h11-14H,3-10H2,1-2H3,(H,15,16);4-6,8-10H,1-3H3. The fraction of sp³-hybridized carbons (Fsp3) is 0.800. The molecule has 0 aromatic carbocycles. The summed E-state index contributed by atoms with van der Waals surface area (Å²) in [7, 11) is -3.98. The van der Waals surface area contributed by atoms with Crippen LogP contribution in [0.15, 0.2) is 24.7 Å². The number of aliphatic hydroxyl groups is 3. The summed E-state index contributed by atoms with van der Waals surface area (Å²) in [4.78, 5) is 10.5. The number of aliphatic hydroxyl groups excluding tert-OH is 3. The molecule has 3 unspecified atom stereocenters. The van der Waals surface area contributed by atoms with Crippen LogP contribution in [0.2, 0.25) is 0 Å². The lowest BCUT2D eigenvalue weighted by Crippen LogP contribution is -2.45. The van der Waals surface area contributed by atoms with Crippen LogP contribution in [0, 0.1) is 0 Å². The van der Waals surface area contributed by atoms with Crippen LogP contribution in [-0.4, -0.2) is 43.8 Å². The summed E-state index contributed by atoms with van der Waals surface area (Å²) in [5.41, 5.74) is 0. The summed E-state index contributed by atoms with van der Waals surface area (Å²) in [6.07, 6.45) is 11.9. The second-order valence-corrected chi connectivity index (χ2v) is 8.12. The molecule has 0 fully saturated rings. The van der Waals surface area contributed by atoms with E-state index in [1.807, 2.05) is 0 Å². The summed E-state index contributed by atoms with van der Waals surface area (Å²) in [5, 5.41) is 26.9. The highest BCUT2D eigenvalue weighted by Gasteiger charge is 2.20. The Morgan fingerprint density at radius 2 is 1.14 bits per heavy atom. The maximum atomic E-state index is 11.4. The lowest BCUT2D eigenvalue weighted by atomic mass is 10.2. The Hall–Kier alpha value is -0.890. The van der Waals surface area contributed by atoms with Crippen LogP contribution < -0.4 is 0 Å². The molecule has 0 aliphatic heterocycles. The summed E-state index contributed by atoms with van der Waals surface area (Å²) in [5.74, 6) is 0. The van der Waals surface area contributed by atoms with Crippen LogP contribution in [0.4, 0.5) is 0 Å². The van der Waals surface area contributed by atoms with Gasteiger partial charge in [-0.3, -0.25) is 4.89 Å². The third-order valence-electron chi connectivity index (χ3n) is 3.82. The van der Waals surface area contributed by atoms with Crippen molar-refractivity contribution in [3.63, 3.8) is 0 Å². The van der Waals surface area contributed by atoms with Crippen molar-refractivity contribution in [2.24, 2.45) is 0 Å². The molecule has 29 heavy (non-hydrogen) atoms. The molecule has 3 atom stereocenters. The van der Waals surface area contributed by atoms with Crippen molar-refractivity contribution in [3.05, 3.63) is 24.7 Å². The third kappa shape index (κ3) is 20.2. The first-order valence-electron chi connectivity index (χ1n) is 10.4. The molecule has 0 radical (unpaired) electrons. The van der Waals surface area contributed by atoms with Gasteiger partial charge in [0.05, 0.1) is 12.5 Å². The molecule has 9 heteroatoms. The van der Waals surface area contributed by atoms with Gasteiger partial charge in [0.1, 0.15) is 18.7 Å². The van der Waals surface area contributed by atoms with Gasteiger partial charge in [0.15, 0.2) is 0 Å². The molecular weight excluding hydrogens is 397 g/mol. The third-order valence-corrected chi connectivity index (χ3v) is 4.60. The average molecular weight is 440 g/mol. The van der Waals surface area contributed by atoms with E-state index < -0.39 is 26.5 Å².